The van der Waals surface area contributed by atoms with Crippen molar-refractivity contribution in [3.05, 3.63) is 41.5 Å². The average Bonchev–Trinajstić information content (AvgIpc) is 2.54. The van der Waals surface area contributed by atoms with Crippen LogP contribution in [0.1, 0.15) is 20.7 Å². The van der Waals surface area contributed by atoms with E-state index >= 15 is 0 Å². The van der Waals surface area contributed by atoms with Crippen molar-refractivity contribution in [2.24, 2.45) is 0 Å². The van der Waals surface area contributed by atoms with Crippen molar-refractivity contribution in [3.63, 3.8) is 0 Å². The van der Waals surface area contributed by atoms with Crippen LogP contribution in [0.2, 0.25) is 0 Å². The predicted octanol–water partition coefficient (Wildman–Crippen LogP) is 2.59. The Bertz CT molecular complexity index is 736. The number of phenolic OH excluding ortho intramolecular Hbond substituents is 1. The van der Waals surface area contributed by atoms with Gasteiger partial charge in [-0.15, -0.1) is 0 Å². The van der Waals surface area contributed by atoms with Crippen LogP contribution in [0.3, 0.4) is 0 Å². The molecule has 0 aromatic heterocycles. The van der Waals surface area contributed by atoms with Gasteiger partial charge in [0.2, 0.25) is 5.75 Å². The second-order valence-corrected chi connectivity index (χ2v) is 4.39. The molecule has 0 atom stereocenters. The molecular formula is C16H14O6. The minimum atomic E-state index is -1.15. The molecule has 114 valence electrons. The molecule has 0 aliphatic heterocycles. The summed E-state index contributed by atoms with van der Waals surface area (Å²) in [6, 6.07) is 7.49. The Hall–Kier alpha value is -3.02. The van der Waals surface area contributed by atoms with Crippen LogP contribution in [-0.4, -0.2) is 36.7 Å². The number of phenols is 1. The molecule has 2 N–H and O–H groups in total. The van der Waals surface area contributed by atoms with Crippen LogP contribution in [0, 0.1) is 0 Å². The lowest BCUT2D eigenvalue weighted by Crippen LogP contribution is -2.03. The van der Waals surface area contributed by atoms with Crippen molar-refractivity contribution in [1.29, 1.82) is 0 Å². The lowest BCUT2D eigenvalue weighted by atomic mass is 9.94. The van der Waals surface area contributed by atoms with E-state index in [2.05, 4.69) is 0 Å². The maximum Gasteiger partial charge on any atom is 0.336 e. The largest absolute Gasteiger partial charge is 0.502 e. The molecule has 2 rings (SSSR count). The number of carboxylic acid groups (broad SMARTS) is 1. The molecule has 0 aliphatic rings. The minimum Gasteiger partial charge on any atom is -0.502 e. The number of benzene rings is 2. The molecule has 0 spiro atoms. The monoisotopic (exact) mass is 302 g/mol. The lowest BCUT2D eigenvalue weighted by molar-refractivity contribution is 0.0697. The van der Waals surface area contributed by atoms with Crippen LogP contribution in [0.5, 0.6) is 17.2 Å². The fourth-order valence-electron chi connectivity index (χ4n) is 2.26. The van der Waals surface area contributed by atoms with Crippen LogP contribution >= 0.6 is 0 Å². The number of aldehydes is 1. The van der Waals surface area contributed by atoms with Gasteiger partial charge in [0.1, 0.15) is 0 Å². The van der Waals surface area contributed by atoms with E-state index in [4.69, 9.17) is 9.47 Å². The van der Waals surface area contributed by atoms with Gasteiger partial charge < -0.3 is 19.7 Å². The van der Waals surface area contributed by atoms with E-state index in [0.717, 1.165) is 0 Å². The van der Waals surface area contributed by atoms with Crippen molar-refractivity contribution < 1.29 is 29.3 Å². The van der Waals surface area contributed by atoms with Gasteiger partial charge in [-0.05, 0) is 12.1 Å². The third-order valence-electron chi connectivity index (χ3n) is 3.23. The van der Waals surface area contributed by atoms with E-state index in [1.807, 2.05) is 0 Å². The lowest BCUT2D eigenvalue weighted by Gasteiger charge is -2.16. The van der Waals surface area contributed by atoms with Gasteiger partial charge in [0, 0.05) is 16.7 Å². The first-order valence-electron chi connectivity index (χ1n) is 6.31. The number of carboxylic acids is 1. The zero-order chi connectivity index (χ0) is 16.3. The number of aromatic hydroxyl groups is 1. The summed E-state index contributed by atoms with van der Waals surface area (Å²) in [4.78, 5) is 22.8. The summed E-state index contributed by atoms with van der Waals surface area (Å²) in [5, 5.41) is 19.5. The smallest absolute Gasteiger partial charge is 0.336 e. The number of ether oxygens (including phenoxy) is 2. The van der Waals surface area contributed by atoms with Crippen LogP contribution in [0.25, 0.3) is 11.1 Å². The topological polar surface area (TPSA) is 93.1 Å². The van der Waals surface area contributed by atoms with Crippen LogP contribution in [0.4, 0.5) is 0 Å². The fourth-order valence-corrected chi connectivity index (χ4v) is 2.26. The maximum atomic E-state index is 11.4. The highest BCUT2D eigenvalue weighted by Crippen LogP contribution is 2.46. The van der Waals surface area contributed by atoms with Crippen LogP contribution in [0.15, 0.2) is 30.3 Å². The molecule has 0 heterocycles. The summed E-state index contributed by atoms with van der Waals surface area (Å²) in [5.41, 5.74) is 0.620. The van der Waals surface area contributed by atoms with Crippen molar-refractivity contribution in [2.75, 3.05) is 14.2 Å². The number of rotatable bonds is 5. The summed E-state index contributed by atoms with van der Waals surface area (Å²) >= 11 is 0. The maximum absolute atomic E-state index is 11.4. The summed E-state index contributed by atoms with van der Waals surface area (Å²) in [7, 11) is 2.66. The van der Waals surface area contributed by atoms with Gasteiger partial charge in [0.05, 0.1) is 19.8 Å². The van der Waals surface area contributed by atoms with Crippen LogP contribution < -0.4 is 9.47 Å². The molecular weight excluding hydrogens is 288 g/mol. The van der Waals surface area contributed by atoms with Crippen LogP contribution in [-0.2, 0) is 0 Å². The first-order chi connectivity index (χ1) is 10.5. The Kier molecular flexibility index (Phi) is 4.31. The van der Waals surface area contributed by atoms with E-state index in [0.29, 0.717) is 6.29 Å². The number of methoxy groups -OCH3 is 2. The summed E-state index contributed by atoms with van der Waals surface area (Å²) in [5.74, 6) is -1.40. The summed E-state index contributed by atoms with van der Waals surface area (Å²) in [6.45, 7) is 0. The Morgan fingerprint density at radius 2 is 1.86 bits per heavy atom. The highest BCUT2D eigenvalue weighted by atomic mass is 16.5. The Balaban J connectivity index is 2.88. The number of carbonyl (C=O) groups is 2. The molecule has 6 heteroatoms. The quantitative estimate of drug-likeness (QED) is 0.825. The normalized spacial score (nSPS) is 10.1. The van der Waals surface area contributed by atoms with Gasteiger partial charge in [-0.2, -0.15) is 0 Å². The molecule has 2 aromatic carbocycles. The van der Waals surface area contributed by atoms with E-state index in [1.54, 1.807) is 18.2 Å². The van der Waals surface area contributed by atoms with Gasteiger partial charge in [0.25, 0.3) is 0 Å². The molecule has 0 radical (unpaired) electrons. The highest BCUT2D eigenvalue weighted by molar-refractivity contribution is 6.02. The van der Waals surface area contributed by atoms with Gasteiger partial charge in [-0.1, -0.05) is 18.2 Å². The number of hydrogen-bond donors (Lipinski definition) is 2. The summed E-state index contributed by atoms with van der Waals surface area (Å²) < 4.78 is 10.2. The van der Waals surface area contributed by atoms with Gasteiger partial charge in [0.15, 0.2) is 17.8 Å². The molecule has 0 saturated carbocycles. The first-order valence-corrected chi connectivity index (χ1v) is 6.31. The van der Waals surface area contributed by atoms with E-state index in [9.17, 15) is 19.8 Å². The minimum absolute atomic E-state index is 0.00605. The molecule has 2 aromatic rings. The predicted molar refractivity (Wildman–Crippen MR) is 79.0 cm³/mol. The van der Waals surface area contributed by atoms with E-state index < -0.39 is 5.97 Å². The molecule has 0 amide bonds. The molecule has 0 bridgehead atoms. The van der Waals surface area contributed by atoms with Gasteiger partial charge >= 0.3 is 5.97 Å². The van der Waals surface area contributed by atoms with Gasteiger partial charge in [-0.25, -0.2) is 4.79 Å². The van der Waals surface area contributed by atoms with Crippen molar-refractivity contribution >= 4 is 12.3 Å². The third kappa shape index (κ3) is 2.46. The highest BCUT2D eigenvalue weighted by Gasteiger charge is 2.23. The van der Waals surface area contributed by atoms with E-state index in [-0.39, 0.29) is 39.5 Å². The summed E-state index contributed by atoms with van der Waals surface area (Å²) in [6.07, 6.45) is 0.554. The fraction of sp³-hybridized carbons (Fsp3) is 0.125. The third-order valence-corrected chi connectivity index (χ3v) is 3.23. The number of hydrogen-bond acceptors (Lipinski definition) is 5. The Morgan fingerprint density at radius 1 is 1.18 bits per heavy atom. The average molecular weight is 302 g/mol. The first kappa shape index (κ1) is 15.4. The molecule has 0 saturated heterocycles. The Morgan fingerprint density at radius 3 is 2.41 bits per heavy atom. The molecule has 6 nitrogen and oxygen atoms in total. The number of carbonyl (C=O) groups excluding carboxylic acids is 1. The standard InChI is InChI=1S/C16H14O6/c1-21-12-7-9(8-17)13(15(22-2)14(12)18)10-5-3-4-6-11(10)16(19)20/h3-8,18H,1-2H3,(H,19,20). The van der Waals surface area contributed by atoms with E-state index in [1.165, 1.54) is 26.4 Å². The van der Waals surface area contributed by atoms with Gasteiger partial charge in [-0.3, -0.25) is 4.79 Å². The SMILES string of the molecule is COc1cc(C=O)c(-c2ccccc2C(=O)O)c(OC)c1O. The van der Waals surface area contributed by atoms with Crippen molar-refractivity contribution in [1.82, 2.24) is 0 Å². The second kappa shape index (κ2) is 6.17. The number of aromatic carboxylic acids is 1. The van der Waals surface area contributed by atoms with Crippen molar-refractivity contribution in [3.8, 4) is 28.4 Å². The Labute approximate surface area is 126 Å². The van der Waals surface area contributed by atoms with Crippen molar-refractivity contribution in [2.45, 2.75) is 0 Å². The molecule has 0 unspecified atom stereocenters. The molecule has 0 aliphatic carbocycles. The zero-order valence-electron chi connectivity index (χ0n) is 12.0. The molecule has 0 fully saturated rings. The molecule has 22 heavy (non-hydrogen) atoms. The zero-order valence-corrected chi connectivity index (χ0v) is 12.0. The second-order valence-electron chi connectivity index (χ2n) is 4.39.